The number of hydrogen-bond acceptors (Lipinski definition) is 2. The number of imide groups is 1. The fourth-order valence-electron chi connectivity index (χ4n) is 3.97. The molecule has 1 atom stereocenters. The first kappa shape index (κ1) is 14.8. The predicted molar refractivity (Wildman–Crippen MR) is 84.6 cm³/mol. The minimum atomic E-state index is -0.222. The molecule has 1 saturated heterocycles. The summed E-state index contributed by atoms with van der Waals surface area (Å²) < 4.78 is 0.951. The Morgan fingerprint density at radius 3 is 2.52 bits per heavy atom. The lowest BCUT2D eigenvalue weighted by atomic mass is 9.50. The molecule has 1 aromatic rings. The van der Waals surface area contributed by atoms with Gasteiger partial charge in [0.15, 0.2) is 0 Å². The van der Waals surface area contributed by atoms with Crippen molar-refractivity contribution in [2.24, 2.45) is 17.3 Å². The summed E-state index contributed by atoms with van der Waals surface area (Å²) in [6.45, 7) is 4.44. The Kier molecular flexibility index (Phi) is 3.68. The molecule has 1 heterocycles. The van der Waals surface area contributed by atoms with Gasteiger partial charge in [-0.2, -0.15) is 0 Å². The summed E-state index contributed by atoms with van der Waals surface area (Å²) >= 11 is 3.56. The van der Waals surface area contributed by atoms with Gasteiger partial charge in [0.05, 0.1) is 5.92 Å². The third-order valence-electron chi connectivity index (χ3n) is 5.15. The molecule has 2 fully saturated rings. The number of carbonyl (C=O) groups is 2. The fourth-order valence-corrected chi connectivity index (χ4v) is 4.48. The molecule has 1 N–H and O–H groups in total. The van der Waals surface area contributed by atoms with E-state index in [2.05, 4.69) is 35.1 Å². The molecule has 1 aromatic carbocycles. The highest BCUT2D eigenvalue weighted by Gasteiger charge is 2.56. The number of benzene rings is 1. The van der Waals surface area contributed by atoms with Crippen LogP contribution in [0.15, 0.2) is 28.7 Å². The Bertz CT molecular complexity index is 590. The summed E-state index contributed by atoms with van der Waals surface area (Å²) in [7, 11) is 0. The molecule has 1 saturated carbocycles. The topological polar surface area (TPSA) is 46.2 Å². The quantitative estimate of drug-likeness (QED) is 0.828. The largest absolute Gasteiger partial charge is 0.296 e. The van der Waals surface area contributed by atoms with Gasteiger partial charge in [0.1, 0.15) is 0 Å². The van der Waals surface area contributed by atoms with Crippen molar-refractivity contribution in [1.29, 1.82) is 0 Å². The molecular weight excluding hydrogens is 330 g/mol. The molecule has 0 aromatic heterocycles. The monoisotopic (exact) mass is 349 g/mol. The maximum atomic E-state index is 12.5. The minimum absolute atomic E-state index is 0.120. The molecule has 0 radical (unpaired) electrons. The van der Waals surface area contributed by atoms with Crippen molar-refractivity contribution >= 4 is 27.7 Å². The number of carbonyl (C=O) groups excluding carboxylic acids is 2. The lowest BCUT2D eigenvalue weighted by Gasteiger charge is -2.55. The highest BCUT2D eigenvalue weighted by atomic mass is 79.9. The average Bonchev–Trinajstić information content (AvgIpc) is 2.36. The van der Waals surface area contributed by atoms with Crippen molar-refractivity contribution in [2.45, 2.75) is 39.0 Å². The molecule has 2 amide bonds. The van der Waals surface area contributed by atoms with Crippen molar-refractivity contribution in [3.05, 3.63) is 34.3 Å². The van der Waals surface area contributed by atoms with Crippen LogP contribution in [0.1, 0.15) is 44.6 Å². The van der Waals surface area contributed by atoms with Crippen LogP contribution in [0.2, 0.25) is 0 Å². The maximum Gasteiger partial charge on any atom is 0.234 e. The second kappa shape index (κ2) is 5.24. The predicted octanol–water partition coefficient (Wildman–Crippen LogP) is 3.63. The van der Waals surface area contributed by atoms with E-state index in [1.165, 1.54) is 0 Å². The molecule has 1 unspecified atom stereocenters. The number of piperidine rings is 1. The first-order valence-electron chi connectivity index (χ1n) is 7.51. The van der Waals surface area contributed by atoms with E-state index in [4.69, 9.17) is 0 Å². The first-order chi connectivity index (χ1) is 9.93. The molecule has 112 valence electrons. The summed E-state index contributed by atoms with van der Waals surface area (Å²) in [5.41, 5.74) is 0.822. The van der Waals surface area contributed by atoms with Crippen LogP contribution in [0, 0.1) is 17.3 Å². The first-order valence-corrected chi connectivity index (χ1v) is 8.30. The van der Waals surface area contributed by atoms with Crippen LogP contribution >= 0.6 is 15.9 Å². The zero-order chi connectivity index (χ0) is 15.2. The summed E-state index contributed by atoms with van der Waals surface area (Å²) in [4.78, 5) is 24.4. The summed E-state index contributed by atoms with van der Waals surface area (Å²) in [5, 5.41) is 2.52. The highest BCUT2D eigenvalue weighted by molar-refractivity contribution is 9.10. The molecule has 1 spiro atoms. The molecule has 1 aliphatic heterocycles. The van der Waals surface area contributed by atoms with Crippen molar-refractivity contribution in [2.75, 3.05) is 0 Å². The van der Waals surface area contributed by atoms with E-state index < -0.39 is 0 Å². The summed E-state index contributed by atoms with van der Waals surface area (Å²) in [5.74, 6) is 0.746. The smallest absolute Gasteiger partial charge is 0.234 e. The molecule has 1 aliphatic carbocycles. The van der Waals surface area contributed by atoms with E-state index in [0.29, 0.717) is 18.3 Å². The minimum Gasteiger partial charge on any atom is -0.296 e. The van der Waals surface area contributed by atoms with Gasteiger partial charge in [-0.25, -0.2) is 0 Å². The lowest BCUT2D eigenvalue weighted by Crippen LogP contribution is -2.56. The standard InChI is InChI=1S/C17H20BrNO2/c1-10(2)11-7-17(8-11)9-14(20)19-16(21)15(17)12-5-3-4-6-13(12)18/h3-6,10-11,15H,7-9H2,1-2H3,(H,19,20,21). The Morgan fingerprint density at radius 2 is 1.90 bits per heavy atom. The van der Waals surface area contributed by atoms with Crippen LogP contribution in [0.3, 0.4) is 0 Å². The van der Waals surface area contributed by atoms with Crippen molar-refractivity contribution in [1.82, 2.24) is 5.32 Å². The molecule has 3 rings (SSSR count). The highest BCUT2D eigenvalue weighted by Crippen LogP contribution is 2.60. The Balaban J connectivity index is 1.98. The molecule has 21 heavy (non-hydrogen) atoms. The third kappa shape index (κ3) is 2.44. The molecular formula is C17H20BrNO2. The SMILES string of the molecule is CC(C)C1CC2(CC(=O)NC(=O)C2c2ccccc2Br)C1. The average molecular weight is 350 g/mol. The second-order valence-corrected chi connectivity index (χ2v) is 7.67. The van der Waals surface area contributed by atoms with Crippen LogP contribution < -0.4 is 5.32 Å². The number of halogens is 1. The van der Waals surface area contributed by atoms with E-state index >= 15 is 0 Å². The van der Waals surface area contributed by atoms with Crippen LogP contribution in [0.5, 0.6) is 0 Å². The zero-order valence-electron chi connectivity index (χ0n) is 12.4. The summed E-state index contributed by atoms with van der Waals surface area (Å²) in [6.07, 6.45) is 2.40. The van der Waals surface area contributed by atoms with Crippen LogP contribution in [0.25, 0.3) is 0 Å². The molecule has 4 heteroatoms. The van der Waals surface area contributed by atoms with Crippen molar-refractivity contribution in [3.8, 4) is 0 Å². The van der Waals surface area contributed by atoms with Crippen LogP contribution in [0.4, 0.5) is 0 Å². The van der Waals surface area contributed by atoms with E-state index in [9.17, 15) is 9.59 Å². The molecule has 2 aliphatic rings. The van der Waals surface area contributed by atoms with Gasteiger partial charge in [-0.05, 0) is 41.7 Å². The zero-order valence-corrected chi connectivity index (χ0v) is 13.9. The van der Waals surface area contributed by atoms with Gasteiger partial charge in [-0.1, -0.05) is 48.0 Å². The van der Waals surface area contributed by atoms with Gasteiger partial charge in [0, 0.05) is 10.9 Å². The lowest BCUT2D eigenvalue weighted by molar-refractivity contribution is -0.147. The van der Waals surface area contributed by atoms with Gasteiger partial charge < -0.3 is 0 Å². The number of hydrogen-bond donors (Lipinski definition) is 1. The third-order valence-corrected chi connectivity index (χ3v) is 5.87. The normalized spacial score (nSPS) is 32.2. The van der Waals surface area contributed by atoms with Crippen LogP contribution in [-0.4, -0.2) is 11.8 Å². The van der Waals surface area contributed by atoms with Gasteiger partial charge in [-0.3, -0.25) is 14.9 Å². The number of nitrogens with one attached hydrogen (secondary N) is 1. The van der Waals surface area contributed by atoms with Gasteiger partial charge in [0.2, 0.25) is 11.8 Å². The van der Waals surface area contributed by atoms with E-state index in [1.54, 1.807) is 0 Å². The summed E-state index contributed by atoms with van der Waals surface area (Å²) in [6, 6.07) is 7.86. The van der Waals surface area contributed by atoms with Gasteiger partial charge in [0.25, 0.3) is 0 Å². The van der Waals surface area contributed by atoms with E-state index in [1.807, 2.05) is 24.3 Å². The van der Waals surface area contributed by atoms with Crippen molar-refractivity contribution < 1.29 is 9.59 Å². The maximum absolute atomic E-state index is 12.5. The Labute approximate surface area is 133 Å². The molecule has 3 nitrogen and oxygen atoms in total. The van der Waals surface area contributed by atoms with E-state index in [0.717, 1.165) is 22.9 Å². The van der Waals surface area contributed by atoms with E-state index in [-0.39, 0.29) is 23.1 Å². The number of rotatable bonds is 2. The Hall–Kier alpha value is -1.16. The van der Waals surface area contributed by atoms with Crippen molar-refractivity contribution in [3.63, 3.8) is 0 Å². The molecule has 0 bridgehead atoms. The van der Waals surface area contributed by atoms with Gasteiger partial charge in [-0.15, -0.1) is 0 Å². The second-order valence-electron chi connectivity index (χ2n) is 6.82. The van der Waals surface area contributed by atoms with Gasteiger partial charge >= 0.3 is 0 Å². The Morgan fingerprint density at radius 1 is 1.24 bits per heavy atom. The van der Waals surface area contributed by atoms with Crippen LogP contribution in [-0.2, 0) is 9.59 Å². The number of amides is 2. The fraction of sp³-hybridized carbons (Fsp3) is 0.529.